The summed E-state index contributed by atoms with van der Waals surface area (Å²) in [6.07, 6.45) is 6.26. The Morgan fingerprint density at radius 2 is 2.16 bits per heavy atom. The van der Waals surface area contributed by atoms with Crippen molar-refractivity contribution in [3.63, 3.8) is 0 Å². The Labute approximate surface area is 111 Å². The number of nitrogens with zero attached hydrogens (tertiary/aromatic N) is 2. The van der Waals surface area contributed by atoms with Gasteiger partial charge in [0.2, 0.25) is 0 Å². The Balaban J connectivity index is 1.95. The van der Waals surface area contributed by atoms with E-state index in [9.17, 15) is 9.59 Å². The van der Waals surface area contributed by atoms with Crippen LogP contribution in [0.25, 0.3) is 0 Å². The summed E-state index contributed by atoms with van der Waals surface area (Å²) in [7, 11) is 1.51. The van der Waals surface area contributed by atoms with Gasteiger partial charge in [-0.25, -0.2) is 9.48 Å². The first kappa shape index (κ1) is 13.5. The second-order valence-electron chi connectivity index (χ2n) is 4.96. The van der Waals surface area contributed by atoms with Gasteiger partial charge in [0.25, 0.3) is 5.56 Å². The standard InChI is InChI=1S/C14H18N2O3/c1-10-5-3-4-6-11(10)9-19-14(18)12-7-8-13(17)16(2)15-12/h3-4,7-8,10-11H,5-6,9H2,1-2H3/t10-,11-/m0/s1. The molecule has 0 unspecified atom stereocenters. The normalized spacial score (nSPS) is 22.2. The van der Waals surface area contributed by atoms with Gasteiger partial charge in [0.15, 0.2) is 5.69 Å². The van der Waals surface area contributed by atoms with Crippen molar-refractivity contribution >= 4 is 5.97 Å². The van der Waals surface area contributed by atoms with Crippen LogP contribution in [0.2, 0.25) is 0 Å². The molecule has 2 atom stereocenters. The molecular formula is C14H18N2O3. The lowest BCUT2D eigenvalue weighted by Crippen LogP contribution is -2.24. The third-order valence-electron chi connectivity index (χ3n) is 3.52. The molecular weight excluding hydrogens is 244 g/mol. The lowest BCUT2D eigenvalue weighted by Gasteiger charge is -2.24. The Kier molecular flexibility index (Phi) is 4.14. The lowest BCUT2D eigenvalue weighted by atomic mass is 9.85. The third-order valence-corrected chi connectivity index (χ3v) is 3.52. The van der Waals surface area contributed by atoms with Crippen LogP contribution in [0, 0.1) is 11.8 Å². The average Bonchev–Trinajstić information content (AvgIpc) is 2.40. The maximum atomic E-state index is 11.8. The number of ether oxygens (including phenoxy) is 1. The van der Waals surface area contributed by atoms with E-state index in [1.807, 2.05) is 0 Å². The van der Waals surface area contributed by atoms with Gasteiger partial charge in [-0.15, -0.1) is 0 Å². The maximum Gasteiger partial charge on any atom is 0.358 e. The highest BCUT2D eigenvalue weighted by atomic mass is 16.5. The van der Waals surface area contributed by atoms with Gasteiger partial charge < -0.3 is 4.74 Å². The molecule has 5 heteroatoms. The van der Waals surface area contributed by atoms with E-state index >= 15 is 0 Å². The number of aryl methyl sites for hydroxylation is 1. The molecule has 0 radical (unpaired) electrons. The van der Waals surface area contributed by atoms with E-state index in [4.69, 9.17) is 4.74 Å². The summed E-state index contributed by atoms with van der Waals surface area (Å²) < 4.78 is 6.41. The minimum absolute atomic E-state index is 0.168. The van der Waals surface area contributed by atoms with Crippen LogP contribution in [0.15, 0.2) is 29.1 Å². The maximum absolute atomic E-state index is 11.8. The van der Waals surface area contributed by atoms with E-state index < -0.39 is 5.97 Å². The fourth-order valence-electron chi connectivity index (χ4n) is 2.11. The van der Waals surface area contributed by atoms with Crippen LogP contribution >= 0.6 is 0 Å². The second-order valence-corrected chi connectivity index (χ2v) is 4.96. The number of carbonyl (C=O) groups is 1. The average molecular weight is 262 g/mol. The highest BCUT2D eigenvalue weighted by Crippen LogP contribution is 2.25. The summed E-state index contributed by atoms with van der Waals surface area (Å²) in [5.74, 6) is 0.407. The largest absolute Gasteiger partial charge is 0.461 e. The zero-order valence-corrected chi connectivity index (χ0v) is 11.2. The first-order chi connectivity index (χ1) is 9.08. The van der Waals surface area contributed by atoms with Gasteiger partial charge >= 0.3 is 5.97 Å². The van der Waals surface area contributed by atoms with Gasteiger partial charge in [0, 0.05) is 13.1 Å². The summed E-state index contributed by atoms with van der Waals surface area (Å²) in [5, 5.41) is 3.87. The van der Waals surface area contributed by atoms with Gasteiger partial charge in [-0.05, 0) is 30.7 Å². The van der Waals surface area contributed by atoms with Crippen LogP contribution in [-0.4, -0.2) is 22.4 Å². The molecule has 2 rings (SSSR count). The van der Waals surface area contributed by atoms with E-state index in [1.165, 1.54) is 19.2 Å². The van der Waals surface area contributed by atoms with Crippen LogP contribution in [0.3, 0.4) is 0 Å². The van der Waals surface area contributed by atoms with E-state index in [-0.39, 0.29) is 11.3 Å². The van der Waals surface area contributed by atoms with Gasteiger partial charge in [0.1, 0.15) is 0 Å². The molecule has 102 valence electrons. The number of rotatable bonds is 3. The lowest BCUT2D eigenvalue weighted by molar-refractivity contribution is 0.0386. The SMILES string of the molecule is C[C@H]1CC=CC[C@H]1COC(=O)c1ccc(=O)n(C)n1. The summed E-state index contributed by atoms with van der Waals surface area (Å²) >= 11 is 0. The Bertz CT molecular complexity index is 548. The molecule has 0 fully saturated rings. The van der Waals surface area contributed by atoms with Gasteiger partial charge in [-0.3, -0.25) is 4.79 Å². The van der Waals surface area contributed by atoms with Gasteiger partial charge in [-0.1, -0.05) is 19.1 Å². The molecule has 1 aromatic heterocycles. The first-order valence-corrected chi connectivity index (χ1v) is 6.44. The zero-order valence-electron chi connectivity index (χ0n) is 11.2. The molecule has 0 saturated heterocycles. The van der Waals surface area contributed by atoms with Crippen molar-refractivity contribution in [1.29, 1.82) is 0 Å². The highest BCUT2D eigenvalue weighted by Gasteiger charge is 2.20. The zero-order chi connectivity index (χ0) is 13.8. The van der Waals surface area contributed by atoms with E-state index in [1.54, 1.807) is 0 Å². The number of aromatic nitrogens is 2. The number of esters is 1. The minimum atomic E-state index is -0.475. The smallest absolute Gasteiger partial charge is 0.358 e. The third kappa shape index (κ3) is 3.30. The van der Waals surface area contributed by atoms with Crippen molar-refractivity contribution in [2.45, 2.75) is 19.8 Å². The van der Waals surface area contributed by atoms with Crippen LogP contribution in [0.5, 0.6) is 0 Å². The molecule has 0 amide bonds. The Morgan fingerprint density at radius 3 is 2.84 bits per heavy atom. The van der Waals surface area contributed by atoms with Crippen molar-refractivity contribution in [3.05, 3.63) is 40.3 Å². The Morgan fingerprint density at radius 1 is 1.42 bits per heavy atom. The number of hydrogen-bond acceptors (Lipinski definition) is 4. The molecule has 1 aliphatic rings. The number of carbonyl (C=O) groups excluding carboxylic acids is 1. The molecule has 5 nitrogen and oxygen atoms in total. The molecule has 0 spiro atoms. The van der Waals surface area contributed by atoms with Crippen LogP contribution in [-0.2, 0) is 11.8 Å². The summed E-state index contributed by atoms with van der Waals surface area (Å²) in [6, 6.07) is 2.71. The van der Waals surface area contributed by atoms with Gasteiger partial charge in [0.05, 0.1) is 6.61 Å². The number of hydrogen-bond donors (Lipinski definition) is 0. The predicted molar refractivity (Wildman–Crippen MR) is 70.8 cm³/mol. The highest BCUT2D eigenvalue weighted by molar-refractivity contribution is 5.86. The van der Waals surface area contributed by atoms with Crippen molar-refractivity contribution < 1.29 is 9.53 Å². The van der Waals surface area contributed by atoms with Crippen molar-refractivity contribution in [2.24, 2.45) is 18.9 Å². The minimum Gasteiger partial charge on any atom is -0.461 e. The van der Waals surface area contributed by atoms with Crippen molar-refractivity contribution in [3.8, 4) is 0 Å². The van der Waals surface area contributed by atoms with Crippen LogP contribution in [0.1, 0.15) is 30.3 Å². The second kappa shape index (κ2) is 5.82. The first-order valence-electron chi connectivity index (χ1n) is 6.44. The summed E-state index contributed by atoms with van der Waals surface area (Å²) in [5.41, 5.74) is -0.0799. The molecule has 0 saturated carbocycles. The fraction of sp³-hybridized carbons (Fsp3) is 0.500. The van der Waals surface area contributed by atoms with Gasteiger partial charge in [-0.2, -0.15) is 5.10 Å². The molecule has 0 bridgehead atoms. The van der Waals surface area contributed by atoms with Crippen molar-refractivity contribution in [2.75, 3.05) is 6.61 Å². The van der Waals surface area contributed by atoms with Crippen molar-refractivity contribution in [1.82, 2.24) is 9.78 Å². The number of allylic oxidation sites excluding steroid dienone is 2. The van der Waals surface area contributed by atoms with E-state index in [2.05, 4.69) is 24.2 Å². The molecule has 1 aromatic rings. The molecule has 1 heterocycles. The van der Waals surface area contributed by atoms with E-state index in [0.29, 0.717) is 18.4 Å². The monoisotopic (exact) mass is 262 g/mol. The summed E-state index contributed by atoms with van der Waals surface area (Å²) in [4.78, 5) is 23.0. The topological polar surface area (TPSA) is 61.2 Å². The molecule has 19 heavy (non-hydrogen) atoms. The molecule has 1 aliphatic carbocycles. The Hall–Kier alpha value is -1.91. The molecule has 0 N–H and O–H groups in total. The summed E-state index contributed by atoms with van der Waals surface area (Å²) in [6.45, 7) is 2.56. The van der Waals surface area contributed by atoms with Crippen LogP contribution < -0.4 is 5.56 Å². The van der Waals surface area contributed by atoms with E-state index in [0.717, 1.165) is 17.5 Å². The predicted octanol–water partition coefficient (Wildman–Crippen LogP) is 1.54. The van der Waals surface area contributed by atoms with Crippen LogP contribution in [0.4, 0.5) is 0 Å². The quantitative estimate of drug-likeness (QED) is 0.612. The molecule has 0 aromatic carbocycles. The molecule has 0 aliphatic heterocycles. The fourth-order valence-corrected chi connectivity index (χ4v) is 2.11.